The number of carbonyl (C=O) groups excluding carboxylic acids is 2. The van der Waals surface area contributed by atoms with E-state index in [9.17, 15) is 14.7 Å². The number of phenols is 1. The molecule has 2 amide bonds. The lowest BCUT2D eigenvalue weighted by Gasteiger charge is -2.12. The molecule has 0 radical (unpaired) electrons. The van der Waals surface area contributed by atoms with Gasteiger partial charge in [-0.05, 0) is 55.2 Å². The molecule has 8 nitrogen and oxygen atoms in total. The maximum Gasteiger partial charge on any atom is 0.342 e. The highest BCUT2D eigenvalue weighted by atomic mass is 16.3. The average Bonchev–Trinajstić information content (AvgIpc) is 3.60. The monoisotopic (exact) mass is 495 g/mol. The number of amides is 2. The number of aromatic nitrogens is 3. The van der Waals surface area contributed by atoms with Crippen LogP contribution in [-0.2, 0) is 6.42 Å². The molecule has 2 aromatic carbocycles. The summed E-state index contributed by atoms with van der Waals surface area (Å²) in [5, 5.41) is 21.1. The van der Waals surface area contributed by atoms with Gasteiger partial charge in [-0.25, -0.2) is 4.79 Å². The predicted molar refractivity (Wildman–Crippen MR) is 142 cm³/mol. The predicted octanol–water partition coefficient (Wildman–Crippen LogP) is 5.36. The van der Waals surface area contributed by atoms with Crippen molar-refractivity contribution in [2.24, 2.45) is 0 Å². The lowest BCUT2D eigenvalue weighted by molar-refractivity contribution is 0.102. The van der Waals surface area contributed by atoms with Gasteiger partial charge in [-0.3, -0.25) is 9.78 Å². The summed E-state index contributed by atoms with van der Waals surface area (Å²) < 4.78 is 1.45. The van der Waals surface area contributed by atoms with Crippen molar-refractivity contribution >= 4 is 17.6 Å². The van der Waals surface area contributed by atoms with Gasteiger partial charge in [0.25, 0.3) is 5.91 Å². The number of anilines is 1. The molecule has 0 atom stereocenters. The highest BCUT2D eigenvalue weighted by molar-refractivity contribution is 6.04. The minimum Gasteiger partial charge on any atom is -0.507 e. The maximum absolute atomic E-state index is 13.1. The number of hydrogen-bond acceptors (Lipinski definition) is 5. The van der Waals surface area contributed by atoms with Crippen LogP contribution in [0.2, 0.25) is 0 Å². The Morgan fingerprint density at radius 2 is 1.81 bits per heavy atom. The molecular weight excluding hydrogens is 466 g/mol. The van der Waals surface area contributed by atoms with Crippen LogP contribution in [0.5, 0.6) is 5.75 Å². The molecular formula is C29H29N5O3. The average molecular weight is 496 g/mol. The van der Waals surface area contributed by atoms with Gasteiger partial charge in [-0.1, -0.05) is 43.2 Å². The first-order valence-electron chi connectivity index (χ1n) is 12.6. The van der Waals surface area contributed by atoms with E-state index < -0.39 is 0 Å². The maximum atomic E-state index is 13.1. The number of hydrogen-bond donors (Lipinski definition) is 3. The Labute approximate surface area is 215 Å². The summed E-state index contributed by atoms with van der Waals surface area (Å²) in [6, 6.07) is 19.9. The fourth-order valence-electron chi connectivity index (χ4n) is 4.76. The fraction of sp³-hybridized carbons (Fsp3) is 0.241. The molecule has 1 saturated carbocycles. The summed E-state index contributed by atoms with van der Waals surface area (Å²) in [5.41, 5.74) is 3.89. The van der Waals surface area contributed by atoms with Gasteiger partial charge in [0, 0.05) is 42.2 Å². The zero-order valence-corrected chi connectivity index (χ0v) is 20.4. The summed E-state index contributed by atoms with van der Waals surface area (Å²) in [7, 11) is 0. The Morgan fingerprint density at radius 1 is 1.00 bits per heavy atom. The normalized spacial score (nSPS) is 13.4. The molecule has 0 spiro atoms. The van der Waals surface area contributed by atoms with Crippen molar-refractivity contribution in [2.75, 3.05) is 11.9 Å². The number of pyridine rings is 1. The summed E-state index contributed by atoms with van der Waals surface area (Å²) in [4.78, 5) is 29.5. The Morgan fingerprint density at radius 3 is 2.54 bits per heavy atom. The van der Waals surface area contributed by atoms with Crippen molar-refractivity contribution in [3.8, 4) is 17.0 Å². The fourth-order valence-corrected chi connectivity index (χ4v) is 4.76. The number of nitrogens with zero attached hydrogens (tertiary/aromatic N) is 3. The van der Waals surface area contributed by atoms with Crippen molar-refractivity contribution in [1.29, 1.82) is 0 Å². The first-order chi connectivity index (χ1) is 18.1. The molecule has 1 aliphatic rings. The van der Waals surface area contributed by atoms with E-state index >= 15 is 0 Å². The summed E-state index contributed by atoms with van der Waals surface area (Å²) in [6.07, 6.45) is 8.06. The van der Waals surface area contributed by atoms with Crippen LogP contribution >= 0.6 is 0 Å². The molecule has 3 N–H and O–H groups in total. The third-order valence-electron chi connectivity index (χ3n) is 6.69. The Hall–Kier alpha value is -4.46. The van der Waals surface area contributed by atoms with Gasteiger partial charge in [0.1, 0.15) is 5.75 Å². The highest BCUT2D eigenvalue weighted by Gasteiger charge is 2.26. The van der Waals surface area contributed by atoms with Crippen molar-refractivity contribution in [3.05, 3.63) is 95.9 Å². The Balaban J connectivity index is 1.34. The largest absolute Gasteiger partial charge is 0.507 e. The number of rotatable bonds is 7. The Bertz CT molecular complexity index is 1380. The molecule has 5 rings (SSSR count). The molecule has 4 aromatic rings. The molecule has 0 aliphatic heterocycles. The van der Waals surface area contributed by atoms with Crippen LogP contribution in [-0.4, -0.2) is 38.4 Å². The lowest BCUT2D eigenvalue weighted by Crippen LogP contribution is -2.32. The number of aromatic hydroxyl groups is 1. The van der Waals surface area contributed by atoms with Gasteiger partial charge in [0.15, 0.2) is 0 Å². The molecule has 37 heavy (non-hydrogen) atoms. The number of benzene rings is 2. The van der Waals surface area contributed by atoms with E-state index in [-0.39, 0.29) is 23.6 Å². The SMILES string of the molecule is O=C(Nc1ccc(-c2cc(C3CCCC3)n(C(=O)NCCc3ccccc3)n2)c(O)c1)c1cccnc1. The van der Waals surface area contributed by atoms with Gasteiger partial charge in [0.05, 0.1) is 17.0 Å². The standard InChI is InChI=1S/C29H29N5O3/c35-27-17-23(32-28(36)22-11-6-15-30-19-22)12-13-24(27)25-18-26(21-9-4-5-10-21)34(33-25)29(37)31-16-14-20-7-2-1-3-8-20/h1-3,6-8,11-13,15,17-19,21,35H,4-5,9-10,14,16H2,(H,31,37)(H,32,36). The number of nitrogens with one attached hydrogen (secondary N) is 2. The second-order valence-electron chi connectivity index (χ2n) is 9.24. The second kappa shape index (κ2) is 11.1. The van der Waals surface area contributed by atoms with Gasteiger partial charge < -0.3 is 15.7 Å². The molecule has 2 heterocycles. The minimum atomic E-state index is -0.319. The van der Waals surface area contributed by atoms with Crippen LogP contribution in [0.15, 0.2) is 79.1 Å². The van der Waals surface area contributed by atoms with Crippen LogP contribution < -0.4 is 10.6 Å². The summed E-state index contributed by atoms with van der Waals surface area (Å²) in [5.74, 6) is -0.0994. The third kappa shape index (κ3) is 5.69. The van der Waals surface area contributed by atoms with E-state index in [1.54, 1.807) is 30.5 Å². The molecule has 8 heteroatoms. The van der Waals surface area contributed by atoms with Crippen LogP contribution in [0.25, 0.3) is 11.3 Å². The van der Waals surface area contributed by atoms with Crippen molar-refractivity contribution in [2.45, 2.75) is 38.0 Å². The lowest BCUT2D eigenvalue weighted by atomic mass is 10.0. The second-order valence-corrected chi connectivity index (χ2v) is 9.24. The smallest absolute Gasteiger partial charge is 0.342 e. The molecule has 0 unspecified atom stereocenters. The molecule has 1 aliphatic carbocycles. The first-order valence-corrected chi connectivity index (χ1v) is 12.6. The zero-order valence-electron chi connectivity index (χ0n) is 20.4. The quantitative estimate of drug-likeness (QED) is 0.320. The zero-order chi connectivity index (χ0) is 25.6. The molecule has 188 valence electrons. The third-order valence-corrected chi connectivity index (χ3v) is 6.69. The van der Waals surface area contributed by atoms with Crippen LogP contribution in [0.1, 0.15) is 53.2 Å². The van der Waals surface area contributed by atoms with Crippen molar-refractivity contribution in [3.63, 3.8) is 0 Å². The number of carbonyl (C=O) groups is 2. The van der Waals surface area contributed by atoms with E-state index in [1.165, 1.54) is 16.9 Å². The minimum absolute atomic E-state index is 0.0314. The van der Waals surface area contributed by atoms with E-state index in [0.29, 0.717) is 29.1 Å². The van der Waals surface area contributed by atoms with E-state index in [2.05, 4.69) is 20.7 Å². The summed E-state index contributed by atoms with van der Waals surface area (Å²) >= 11 is 0. The first kappa shape index (κ1) is 24.2. The van der Waals surface area contributed by atoms with Gasteiger partial charge in [-0.15, -0.1) is 0 Å². The summed E-state index contributed by atoms with van der Waals surface area (Å²) in [6.45, 7) is 0.499. The highest BCUT2D eigenvalue weighted by Crippen LogP contribution is 2.38. The molecule has 0 saturated heterocycles. The van der Waals surface area contributed by atoms with E-state index in [1.807, 2.05) is 36.4 Å². The van der Waals surface area contributed by atoms with Gasteiger partial charge in [0.2, 0.25) is 0 Å². The molecule has 0 bridgehead atoms. The van der Waals surface area contributed by atoms with Crippen LogP contribution in [0.4, 0.5) is 10.5 Å². The number of phenolic OH excluding ortho intramolecular Hbond substituents is 1. The van der Waals surface area contributed by atoms with Crippen molar-refractivity contribution in [1.82, 2.24) is 20.1 Å². The topological polar surface area (TPSA) is 109 Å². The Kier molecular flexibility index (Phi) is 7.26. The molecule has 1 fully saturated rings. The molecule has 2 aromatic heterocycles. The van der Waals surface area contributed by atoms with Crippen molar-refractivity contribution < 1.29 is 14.7 Å². The van der Waals surface area contributed by atoms with Crippen LogP contribution in [0, 0.1) is 0 Å². The van der Waals surface area contributed by atoms with Crippen LogP contribution in [0.3, 0.4) is 0 Å². The van der Waals surface area contributed by atoms with Gasteiger partial charge in [-0.2, -0.15) is 9.78 Å². The van der Waals surface area contributed by atoms with Gasteiger partial charge >= 0.3 is 6.03 Å². The van der Waals surface area contributed by atoms with E-state index in [0.717, 1.165) is 43.4 Å². The van der Waals surface area contributed by atoms with E-state index in [4.69, 9.17) is 0 Å².